The van der Waals surface area contributed by atoms with Gasteiger partial charge in [0, 0.05) is 44.8 Å². The summed E-state index contributed by atoms with van der Waals surface area (Å²) in [5, 5.41) is 9.70. The topological polar surface area (TPSA) is 89.1 Å². The average molecular weight is 407 g/mol. The van der Waals surface area contributed by atoms with E-state index >= 15 is 0 Å². The van der Waals surface area contributed by atoms with Gasteiger partial charge in [0.05, 0.1) is 0 Å². The molecule has 3 aliphatic rings. The summed E-state index contributed by atoms with van der Waals surface area (Å²) < 4.78 is 0. The van der Waals surface area contributed by atoms with Gasteiger partial charge in [0.2, 0.25) is 0 Å². The first-order valence-corrected chi connectivity index (χ1v) is 11.4. The molecule has 164 valence electrons. The second-order valence-corrected chi connectivity index (χ2v) is 8.75. The number of imide groups is 1. The summed E-state index contributed by atoms with van der Waals surface area (Å²) in [7, 11) is 0. The maximum atomic E-state index is 12.4. The Hall–Kier alpha value is -1.83. The largest absolute Gasteiger partial charge is 0.357 e. The van der Waals surface area contributed by atoms with Gasteiger partial charge in [-0.1, -0.05) is 19.8 Å². The molecule has 0 bridgehead atoms. The number of amides is 3. The molecule has 2 atom stereocenters. The van der Waals surface area contributed by atoms with Crippen LogP contribution in [0.25, 0.3) is 0 Å². The summed E-state index contributed by atoms with van der Waals surface area (Å²) in [4.78, 5) is 33.2. The molecule has 3 rings (SSSR count). The third-order valence-electron chi connectivity index (χ3n) is 6.61. The Morgan fingerprint density at radius 1 is 1.24 bits per heavy atom. The molecule has 0 aromatic carbocycles. The van der Waals surface area contributed by atoms with Crippen molar-refractivity contribution in [1.29, 1.82) is 0 Å². The highest BCUT2D eigenvalue weighted by Gasteiger charge is 2.45. The summed E-state index contributed by atoms with van der Waals surface area (Å²) >= 11 is 0. The molecule has 0 aromatic heterocycles. The molecule has 2 unspecified atom stereocenters. The van der Waals surface area contributed by atoms with Gasteiger partial charge in [0.15, 0.2) is 5.96 Å². The summed E-state index contributed by atoms with van der Waals surface area (Å²) in [6.07, 6.45) is 7.85. The van der Waals surface area contributed by atoms with Crippen molar-refractivity contribution in [1.82, 2.24) is 25.8 Å². The van der Waals surface area contributed by atoms with E-state index < -0.39 is 5.54 Å². The molecule has 2 aliphatic heterocycles. The summed E-state index contributed by atoms with van der Waals surface area (Å²) in [5.74, 6) is 0.707. The fourth-order valence-electron chi connectivity index (χ4n) is 4.63. The number of guanidine groups is 1. The van der Waals surface area contributed by atoms with E-state index in [0.29, 0.717) is 32.0 Å². The van der Waals surface area contributed by atoms with Gasteiger partial charge in [-0.05, 0) is 46.0 Å². The zero-order valence-electron chi connectivity index (χ0n) is 18.3. The highest BCUT2D eigenvalue weighted by Crippen LogP contribution is 2.26. The Morgan fingerprint density at radius 2 is 2.00 bits per heavy atom. The van der Waals surface area contributed by atoms with Crippen LogP contribution in [-0.4, -0.2) is 78.0 Å². The van der Waals surface area contributed by atoms with Gasteiger partial charge in [-0.15, -0.1) is 0 Å². The molecular formula is C21H38N6O2. The molecule has 8 heteroatoms. The van der Waals surface area contributed by atoms with Gasteiger partial charge < -0.3 is 16.0 Å². The average Bonchev–Trinajstić information content (AvgIpc) is 3.42. The molecule has 3 fully saturated rings. The van der Waals surface area contributed by atoms with Gasteiger partial charge >= 0.3 is 6.03 Å². The molecular weight excluding hydrogens is 368 g/mol. The van der Waals surface area contributed by atoms with Crippen molar-refractivity contribution in [3.8, 4) is 0 Å². The minimum absolute atomic E-state index is 0.128. The maximum absolute atomic E-state index is 12.4. The number of hydrogen-bond acceptors (Lipinski definition) is 4. The SMILES string of the molecule is CCNC(=NCCCN1C(=O)NC(C)(CC)C1=O)NC1CCN(C2CCCC2)C1. The third-order valence-corrected chi connectivity index (χ3v) is 6.61. The summed E-state index contributed by atoms with van der Waals surface area (Å²) in [5.41, 5.74) is -0.759. The number of hydrogen-bond donors (Lipinski definition) is 3. The van der Waals surface area contributed by atoms with E-state index in [1.807, 2.05) is 6.92 Å². The number of nitrogens with one attached hydrogen (secondary N) is 3. The van der Waals surface area contributed by atoms with Crippen molar-refractivity contribution in [2.24, 2.45) is 4.99 Å². The van der Waals surface area contributed by atoms with Crippen LogP contribution in [0.2, 0.25) is 0 Å². The fraction of sp³-hybridized carbons (Fsp3) is 0.857. The molecule has 29 heavy (non-hydrogen) atoms. The Labute approximate surface area is 174 Å². The molecule has 2 saturated heterocycles. The van der Waals surface area contributed by atoms with Gasteiger partial charge in [-0.25, -0.2) is 4.79 Å². The monoisotopic (exact) mass is 406 g/mol. The predicted octanol–water partition coefficient (Wildman–Crippen LogP) is 1.67. The van der Waals surface area contributed by atoms with Crippen molar-refractivity contribution in [3.63, 3.8) is 0 Å². The minimum atomic E-state index is -0.759. The van der Waals surface area contributed by atoms with Crippen LogP contribution in [0.1, 0.15) is 65.7 Å². The third kappa shape index (κ3) is 5.21. The molecule has 0 radical (unpaired) electrons. The van der Waals surface area contributed by atoms with E-state index in [1.165, 1.54) is 37.1 Å². The van der Waals surface area contributed by atoms with Gasteiger partial charge in [-0.3, -0.25) is 19.6 Å². The van der Waals surface area contributed by atoms with Gasteiger partial charge in [0.1, 0.15) is 5.54 Å². The second kappa shape index (κ2) is 9.78. The van der Waals surface area contributed by atoms with Crippen molar-refractivity contribution in [2.75, 3.05) is 32.7 Å². The lowest BCUT2D eigenvalue weighted by molar-refractivity contribution is -0.130. The van der Waals surface area contributed by atoms with Crippen LogP contribution in [0.4, 0.5) is 4.79 Å². The van der Waals surface area contributed by atoms with Crippen LogP contribution in [0, 0.1) is 0 Å². The first-order valence-electron chi connectivity index (χ1n) is 11.4. The van der Waals surface area contributed by atoms with Crippen molar-refractivity contribution in [2.45, 2.75) is 83.3 Å². The fourth-order valence-corrected chi connectivity index (χ4v) is 4.63. The van der Waals surface area contributed by atoms with Crippen LogP contribution < -0.4 is 16.0 Å². The van der Waals surface area contributed by atoms with E-state index in [1.54, 1.807) is 6.92 Å². The Kier molecular flexibility index (Phi) is 7.38. The first kappa shape index (κ1) is 21.9. The highest BCUT2D eigenvalue weighted by atomic mass is 16.2. The number of aliphatic imine (C=N–C) groups is 1. The zero-order chi connectivity index (χ0) is 20.9. The number of nitrogens with zero attached hydrogens (tertiary/aromatic N) is 3. The smallest absolute Gasteiger partial charge is 0.325 e. The first-order chi connectivity index (χ1) is 14.0. The molecule has 0 spiro atoms. The Bertz CT molecular complexity index is 618. The van der Waals surface area contributed by atoms with Crippen LogP contribution in [0.5, 0.6) is 0 Å². The van der Waals surface area contributed by atoms with Crippen molar-refractivity contribution < 1.29 is 9.59 Å². The van der Waals surface area contributed by atoms with Crippen LogP contribution in [-0.2, 0) is 4.79 Å². The van der Waals surface area contributed by atoms with Crippen LogP contribution >= 0.6 is 0 Å². The van der Waals surface area contributed by atoms with E-state index in [0.717, 1.165) is 31.5 Å². The molecule has 8 nitrogen and oxygen atoms in total. The zero-order valence-corrected chi connectivity index (χ0v) is 18.3. The Morgan fingerprint density at radius 3 is 2.66 bits per heavy atom. The normalized spacial score (nSPS) is 29.0. The van der Waals surface area contributed by atoms with E-state index in [4.69, 9.17) is 0 Å². The molecule has 3 N–H and O–H groups in total. The predicted molar refractivity (Wildman–Crippen MR) is 115 cm³/mol. The summed E-state index contributed by atoms with van der Waals surface area (Å²) in [6, 6.07) is 0.926. The lowest BCUT2D eigenvalue weighted by Gasteiger charge is -2.24. The standard InChI is InChI=1S/C21H38N6O2/c1-4-21(3)18(28)27(20(29)25-21)13-8-12-23-19(22-5-2)24-16-11-14-26(15-16)17-9-6-7-10-17/h16-17H,4-15H2,1-3H3,(H,25,29)(H2,22,23,24). The minimum Gasteiger partial charge on any atom is -0.357 e. The second-order valence-electron chi connectivity index (χ2n) is 8.75. The van der Waals surface area contributed by atoms with E-state index in [2.05, 4.69) is 32.8 Å². The quantitative estimate of drug-likeness (QED) is 0.247. The van der Waals surface area contributed by atoms with E-state index in [-0.39, 0.29) is 11.9 Å². The Balaban J connectivity index is 1.45. The highest BCUT2D eigenvalue weighted by molar-refractivity contribution is 6.06. The van der Waals surface area contributed by atoms with Crippen molar-refractivity contribution >= 4 is 17.9 Å². The maximum Gasteiger partial charge on any atom is 0.325 e. The summed E-state index contributed by atoms with van der Waals surface area (Å²) in [6.45, 7) is 9.82. The van der Waals surface area contributed by atoms with Crippen molar-refractivity contribution in [3.05, 3.63) is 0 Å². The number of carbonyl (C=O) groups excluding carboxylic acids is 2. The van der Waals surface area contributed by atoms with Gasteiger partial charge in [-0.2, -0.15) is 0 Å². The number of carbonyl (C=O) groups is 2. The number of likely N-dealkylation sites (tertiary alicyclic amines) is 1. The van der Waals surface area contributed by atoms with E-state index in [9.17, 15) is 9.59 Å². The molecule has 2 heterocycles. The molecule has 1 aliphatic carbocycles. The van der Waals surface area contributed by atoms with Crippen LogP contribution in [0.3, 0.4) is 0 Å². The number of rotatable bonds is 8. The lowest BCUT2D eigenvalue weighted by Crippen LogP contribution is -2.45. The molecule has 1 saturated carbocycles. The molecule has 3 amide bonds. The molecule has 0 aromatic rings. The van der Waals surface area contributed by atoms with Crippen LogP contribution in [0.15, 0.2) is 4.99 Å². The number of urea groups is 1. The van der Waals surface area contributed by atoms with Gasteiger partial charge in [0.25, 0.3) is 5.91 Å². The lowest BCUT2D eigenvalue weighted by atomic mass is 9.99.